The molecule has 0 unspecified atom stereocenters. The first-order chi connectivity index (χ1) is 9.31. The monoisotopic (exact) mass is 309 g/mol. The molecule has 0 aliphatic carbocycles. The van der Waals surface area contributed by atoms with E-state index >= 15 is 0 Å². The van der Waals surface area contributed by atoms with E-state index in [4.69, 9.17) is 10.5 Å². The molecule has 1 aromatic heterocycles. The third kappa shape index (κ3) is 3.50. The largest absolute Gasteiger partial charge is 0.488 e. The van der Waals surface area contributed by atoms with Gasteiger partial charge in [0.1, 0.15) is 17.7 Å². The minimum Gasteiger partial charge on any atom is -0.488 e. The zero-order valence-electron chi connectivity index (χ0n) is 10.8. The lowest BCUT2D eigenvalue weighted by atomic mass is 10.2. The Bertz CT molecular complexity index is 565. The molecule has 0 amide bonds. The van der Waals surface area contributed by atoms with E-state index in [1.807, 2.05) is 41.8 Å². The minimum atomic E-state index is 0. The van der Waals surface area contributed by atoms with Crippen LogP contribution in [0.3, 0.4) is 0 Å². The number of halogens is 1. The van der Waals surface area contributed by atoms with Gasteiger partial charge in [0.2, 0.25) is 0 Å². The van der Waals surface area contributed by atoms with Gasteiger partial charge in [-0.15, -0.1) is 23.7 Å². The summed E-state index contributed by atoms with van der Waals surface area (Å²) < 4.78 is 5.74. The van der Waals surface area contributed by atoms with Crippen molar-refractivity contribution in [1.29, 1.82) is 0 Å². The fraction of sp³-hybridized carbons (Fsp3) is 0.214. The molecule has 106 valence electrons. The topological polar surface area (TPSA) is 59.6 Å². The molecule has 1 saturated heterocycles. The fourth-order valence-corrected chi connectivity index (χ4v) is 2.38. The number of nitrogens with zero attached hydrogens (tertiary/aromatic N) is 1. The first kappa shape index (κ1) is 14.8. The van der Waals surface area contributed by atoms with E-state index in [1.165, 1.54) is 0 Å². The van der Waals surface area contributed by atoms with Crippen LogP contribution in [0, 0.1) is 0 Å². The van der Waals surface area contributed by atoms with Crippen molar-refractivity contribution < 1.29 is 4.74 Å². The van der Waals surface area contributed by atoms with Gasteiger partial charge < -0.3 is 15.8 Å². The van der Waals surface area contributed by atoms with Crippen LogP contribution in [-0.2, 0) is 0 Å². The number of rotatable bonds is 4. The van der Waals surface area contributed by atoms with Crippen molar-refractivity contribution in [3.63, 3.8) is 0 Å². The average Bonchev–Trinajstić information content (AvgIpc) is 2.89. The Kier molecular flexibility index (Phi) is 5.00. The van der Waals surface area contributed by atoms with Crippen molar-refractivity contribution >= 4 is 35.3 Å². The molecule has 1 aliphatic rings. The first-order valence-electron chi connectivity index (χ1n) is 6.17. The molecule has 1 aliphatic heterocycles. The van der Waals surface area contributed by atoms with Crippen molar-refractivity contribution in [2.75, 3.05) is 13.1 Å². The lowest BCUT2D eigenvalue weighted by molar-refractivity contribution is 0.142. The van der Waals surface area contributed by atoms with Crippen molar-refractivity contribution in [3.8, 4) is 5.75 Å². The molecular weight excluding hydrogens is 294 g/mol. The Hall–Kier alpha value is -1.56. The average molecular weight is 310 g/mol. The van der Waals surface area contributed by atoms with E-state index in [-0.39, 0.29) is 12.4 Å². The van der Waals surface area contributed by atoms with Crippen molar-refractivity contribution in [2.45, 2.75) is 6.10 Å². The van der Waals surface area contributed by atoms with Crippen LogP contribution >= 0.6 is 23.7 Å². The van der Waals surface area contributed by atoms with Crippen LogP contribution < -0.4 is 15.8 Å². The molecular formula is C14H16ClN3OS. The third-order valence-electron chi connectivity index (χ3n) is 2.91. The van der Waals surface area contributed by atoms with E-state index in [0.29, 0.717) is 11.9 Å². The maximum Gasteiger partial charge on any atom is 0.141 e. The molecule has 0 radical (unpaired) electrons. The number of nitrogens with two attached hydrogens (primary N) is 1. The lowest BCUT2D eigenvalue weighted by Gasteiger charge is -2.27. The predicted molar refractivity (Wildman–Crippen MR) is 85.7 cm³/mol. The number of nitrogens with one attached hydrogen (secondary N) is 1. The summed E-state index contributed by atoms with van der Waals surface area (Å²) in [5, 5.41) is 5.16. The van der Waals surface area contributed by atoms with Gasteiger partial charge in [-0.2, -0.15) is 0 Å². The van der Waals surface area contributed by atoms with Gasteiger partial charge in [0.25, 0.3) is 0 Å². The highest BCUT2D eigenvalue weighted by atomic mass is 35.5. The molecule has 0 atom stereocenters. The van der Waals surface area contributed by atoms with Gasteiger partial charge in [0.05, 0.1) is 10.6 Å². The Morgan fingerprint density at radius 3 is 2.55 bits per heavy atom. The number of amidine groups is 1. The summed E-state index contributed by atoms with van der Waals surface area (Å²) in [7, 11) is 0. The summed E-state index contributed by atoms with van der Waals surface area (Å²) in [6.45, 7) is 1.84. The minimum absolute atomic E-state index is 0. The summed E-state index contributed by atoms with van der Waals surface area (Å²) in [4.78, 5) is 5.38. The Labute approximate surface area is 128 Å². The SMILES string of the molecule is Cl.NC(=Nc1ccc(OC2CNC2)cc1)c1cccs1. The van der Waals surface area contributed by atoms with Crippen molar-refractivity contribution in [2.24, 2.45) is 10.7 Å². The summed E-state index contributed by atoms with van der Waals surface area (Å²) in [6, 6.07) is 11.6. The highest BCUT2D eigenvalue weighted by molar-refractivity contribution is 7.12. The van der Waals surface area contributed by atoms with Gasteiger partial charge in [0, 0.05) is 13.1 Å². The summed E-state index contributed by atoms with van der Waals surface area (Å²) in [6.07, 6.45) is 0.297. The van der Waals surface area contributed by atoms with E-state index < -0.39 is 0 Å². The molecule has 0 bridgehead atoms. The summed E-state index contributed by atoms with van der Waals surface area (Å²) in [5.74, 6) is 1.42. The highest BCUT2D eigenvalue weighted by Crippen LogP contribution is 2.21. The normalized spacial score (nSPS) is 15.3. The molecule has 3 rings (SSSR count). The Balaban J connectivity index is 0.00000147. The number of hydrogen-bond donors (Lipinski definition) is 2. The van der Waals surface area contributed by atoms with Crippen LogP contribution in [0.5, 0.6) is 5.75 Å². The molecule has 2 aromatic rings. The van der Waals surface area contributed by atoms with Gasteiger partial charge in [-0.25, -0.2) is 4.99 Å². The maximum atomic E-state index is 5.94. The van der Waals surface area contributed by atoms with E-state index in [9.17, 15) is 0 Å². The third-order valence-corrected chi connectivity index (χ3v) is 3.80. The molecule has 0 spiro atoms. The van der Waals surface area contributed by atoms with Crippen LogP contribution in [0.15, 0.2) is 46.8 Å². The molecule has 3 N–H and O–H groups in total. The van der Waals surface area contributed by atoms with Crippen LogP contribution in [0.1, 0.15) is 4.88 Å². The van der Waals surface area contributed by atoms with Crippen molar-refractivity contribution in [1.82, 2.24) is 5.32 Å². The summed E-state index contributed by atoms with van der Waals surface area (Å²) >= 11 is 1.58. The summed E-state index contributed by atoms with van der Waals surface area (Å²) in [5.41, 5.74) is 6.78. The van der Waals surface area contributed by atoms with Crippen LogP contribution in [0.2, 0.25) is 0 Å². The van der Waals surface area contributed by atoms with Crippen LogP contribution in [0.4, 0.5) is 5.69 Å². The number of ether oxygens (including phenoxy) is 1. The van der Waals surface area contributed by atoms with E-state index in [0.717, 1.165) is 29.4 Å². The van der Waals surface area contributed by atoms with Gasteiger partial charge in [-0.05, 0) is 35.7 Å². The number of hydrogen-bond acceptors (Lipinski definition) is 4. The number of aliphatic imine (C=N–C) groups is 1. The van der Waals surface area contributed by atoms with Crippen LogP contribution in [-0.4, -0.2) is 25.0 Å². The second-order valence-corrected chi connectivity index (χ2v) is 5.31. The van der Waals surface area contributed by atoms with Crippen molar-refractivity contribution in [3.05, 3.63) is 46.7 Å². The van der Waals surface area contributed by atoms with E-state index in [1.54, 1.807) is 11.3 Å². The standard InChI is InChI=1S/C14H15N3OS.ClH/c15-14(13-2-1-7-19-13)17-10-3-5-11(6-4-10)18-12-8-16-9-12;/h1-7,12,16H,8-9H2,(H2,15,17);1H. The Morgan fingerprint density at radius 1 is 1.25 bits per heavy atom. The van der Waals surface area contributed by atoms with Crippen LogP contribution in [0.25, 0.3) is 0 Å². The smallest absolute Gasteiger partial charge is 0.141 e. The quantitative estimate of drug-likeness (QED) is 0.674. The van der Waals surface area contributed by atoms with Gasteiger partial charge in [-0.1, -0.05) is 6.07 Å². The highest BCUT2D eigenvalue weighted by Gasteiger charge is 2.17. The number of thiophene rings is 1. The van der Waals surface area contributed by atoms with Gasteiger partial charge >= 0.3 is 0 Å². The molecule has 20 heavy (non-hydrogen) atoms. The van der Waals surface area contributed by atoms with Gasteiger partial charge in [-0.3, -0.25) is 0 Å². The first-order valence-corrected chi connectivity index (χ1v) is 7.05. The molecule has 1 aromatic carbocycles. The molecule has 2 heterocycles. The second kappa shape index (κ2) is 6.74. The fourth-order valence-electron chi connectivity index (χ4n) is 1.76. The second-order valence-electron chi connectivity index (χ2n) is 4.37. The molecule has 4 nitrogen and oxygen atoms in total. The maximum absolute atomic E-state index is 5.94. The zero-order chi connectivity index (χ0) is 13.1. The lowest BCUT2D eigenvalue weighted by Crippen LogP contribution is -2.50. The molecule has 0 saturated carbocycles. The Morgan fingerprint density at radius 2 is 2.00 bits per heavy atom. The zero-order valence-corrected chi connectivity index (χ0v) is 12.4. The van der Waals surface area contributed by atoms with Gasteiger partial charge in [0.15, 0.2) is 0 Å². The van der Waals surface area contributed by atoms with E-state index in [2.05, 4.69) is 10.3 Å². The molecule has 1 fully saturated rings. The molecule has 6 heteroatoms. The number of benzene rings is 1. The predicted octanol–water partition coefficient (Wildman–Crippen LogP) is 2.56.